The molecule has 1 aromatic rings. The van der Waals surface area contributed by atoms with Gasteiger partial charge in [0.05, 0.1) is 18.3 Å². The number of nitrogens with one attached hydrogen (secondary N) is 1. The molecular weight excluding hydrogens is 228 g/mol. The lowest BCUT2D eigenvalue weighted by Crippen LogP contribution is -2.28. The fourth-order valence-corrected chi connectivity index (χ4v) is 2.02. The molecule has 0 unspecified atom stereocenters. The van der Waals surface area contributed by atoms with Crippen LogP contribution in [0.15, 0.2) is 18.3 Å². The molecule has 1 amide bonds. The molecule has 0 aromatic carbocycles. The van der Waals surface area contributed by atoms with Crippen molar-refractivity contribution in [3.05, 3.63) is 29.6 Å². The Balaban J connectivity index is 1.91. The molecule has 18 heavy (non-hydrogen) atoms. The summed E-state index contributed by atoms with van der Waals surface area (Å²) in [6, 6.07) is 3.93. The fourth-order valence-electron chi connectivity index (χ4n) is 2.02. The zero-order valence-corrected chi connectivity index (χ0v) is 11.1. The molecule has 1 heterocycles. The Hall–Kier alpha value is -1.42. The van der Waals surface area contributed by atoms with Crippen LogP contribution < -0.4 is 5.32 Å². The average molecular weight is 248 g/mol. The van der Waals surface area contributed by atoms with Gasteiger partial charge in [-0.05, 0) is 30.9 Å². The molecule has 0 saturated heterocycles. The predicted octanol–water partition coefficient (Wildman–Crippen LogP) is 2.06. The second kappa shape index (κ2) is 5.48. The number of hydrogen-bond donors (Lipinski definition) is 1. The molecule has 1 aromatic heterocycles. The maximum atomic E-state index is 11.8. The van der Waals surface area contributed by atoms with Gasteiger partial charge < -0.3 is 10.1 Å². The van der Waals surface area contributed by atoms with E-state index in [0.717, 1.165) is 17.7 Å². The molecule has 0 radical (unpaired) electrons. The zero-order valence-electron chi connectivity index (χ0n) is 11.1. The monoisotopic (exact) mass is 248 g/mol. The first-order valence-corrected chi connectivity index (χ1v) is 6.36. The molecule has 0 bridgehead atoms. The molecule has 0 aliphatic heterocycles. The van der Waals surface area contributed by atoms with Crippen molar-refractivity contribution in [2.75, 3.05) is 7.11 Å². The van der Waals surface area contributed by atoms with Gasteiger partial charge in [0.25, 0.3) is 0 Å². The Kier molecular flexibility index (Phi) is 3.97. The molecule has 4 nitrogen and oxygen atoms in total. The molecule has 3 atom stereocenters. The minimum atomic E-state index is 0.00870. The third kappa shape index (κ3) is 3.07. The van der Waals surface area contributed by atoms with Gasteiger partial charge in [-0.1, -0.05) is 13.0 Å². The Morgan fingerprint density at radius 1 is 1.61 bits per heavy atom. The average Bonchev–Trinajstić information content (AvgIpc) is 3.08. The fraction of sp³-hybridized carbons (Fsp3) is 0.571. The van der Waals surface area contributed by atoms with E-state index in [9.17, 15) is 4.79 Å². The third-order valence-electron chi connectivity index (χ3n) is 3.44. The van der Waals surface area contributed by atoms with Crippen molar-refractivity contribution in [2.24, 2.45) is 11.8 Å². The molecule has 0 spiro atoms. The van der Waals surface area contributed by atoms with E-state index in [1.54, 1.807) is 13.3 Å². The van der Waals surface area contributed by atoms with Gasteiger partial charge in [-0.15, -0.1) is 0 Å². The van der Waals surface area contributed by atoms with Crippen LogP contribution >= 0.6 is 0 Å². The minimum absolute atomic E-state index is 0.00870. The predicted molar refractivity (Wildman–Crippen MR) is 68.8 cm³/mol. The lowest BCUT2D eigenvalue weighted by atomic mass is 10.1. The van der Waals surface area contributed by atoms with Gasteiger partial charge in [0.1, 0.15) is 0 Å². The number of pyridine rings is 1. The van der Waals surface area contributed by atoms with E-state index < -0.39 is 0 Å². The third-order valence-corrected chi connectivity index (χ3v) is 3.44. The summed E-state index contributed by atoms with van der Waals surface area (Å²) in [6.07, 6.45) is 2.82. The molecule has 1 fully saturated rings. The summed E-state index contributed by atoms with van der Waals surface area (Å²) in [4.78, 5) is 16.1. The number of aromatic nitrogens is 1. The van der Waals surface area contributed by atoms with Crippen molar-refractivity contribution < 1.29 is 9.53 Å². The summed E-state index contributed by atoms with van der Waals surface area (Å²) in [5.74, 6) is 0.920. The first-order valence-electron chi connectivity index (χ1n) is 6.36. The van der Waals surface area contributed by atoms with Crippen LogP contribution in [0.3, 0.4) is 0 Å². The summed E-state index contributed by atoms with van der Waals surface area (Å²) < 4.78 is 5.01. The van der Waals surface area contributed by atoms with Crippen LogP contribution in [0.25, 0.3) is 0 Å². The topological polar surface area (TPSA) is 51.2 Å². The number of amides is 1. The largest absolute Gasteiger partial charge is 0.378 e. The van der Waals surface area contributed by atoms with Crippen molar-refractivity contribution in [3.8, 4) is 0 Å². The maximum absolute atomic E-state index is 11.8. The van der Waals surface area contributed by atoms with Gasteiger partial charge in [0.2, 0.25) is 5.91 Å². The second-order valence-electron chi connectivity index (χ2n) is 5.07. The van der Waals surface area contributed by atoms with Gasteiger partial charge in [-0.25, -0.2) is 0 Å². The Morgan fingerprint density at radius 3 is 2.83 bits per heavy atom. The SMILES string of the molecule is COCc1ccc([C@H](C)NC(=O)[C@H]2C[C@@H]2C)cn1. The molecule has 1 aliphatic carbocycles. The van der Waals surface area contributed by atoms with E-state index in [0.29, 0.717) is 12.5 Å². The first kappa shape index (κ1) is 13.0. The lowest BCUT2D eigenvalue weighted by Gasteiger charge is -2.14. The highest BCUT2D eigenvalue weighted by atomic mass is 16.5. The quantitative estimate of drug-likeness (QED) is 0.867. The molecule has 1 N–H and O–H groups in total. The van der Waals surface area contributed by atoms with Crippen molar-refractivity contribution in [1.82, 2.24) is 10.3 Å². The highest BCUT2D eigenvalue weighted by Crippen LogP contribution is 2.38. The van der Waals surface area contributed by atoms with Gasteiger partial charge >= 0.3 is 0 Å². The molecule has 2 rings (SSSR count). The van der Waals surface area contributed by atoms with Gasteiger partial charge in [0.15, 0.2) is 0 Å². The number of methoxy groups -OCH3 is 1. The standard InChI is InChI=1S/C14H20N2O2/c1-9-6-13(9)14(17)16-10(2)11-4-5-12(8-18-3)15-7-11/h4-5,7,9-10,13H,6,8H2,1-3H3,(H,16,17)/t9-,10-,13-/m0/s1. The summed E-state index contributed by atoms with van der Waals surface area (Å²) in [5, 5.41) is 3.03. The summed E-state index contributed by atoms with van der Waals surface area (Å²) >= 11 is 0. The Morgan fingerprint density at radius 2 is 2.33 bits per heavy atom. The van der Waals surface area contributed by atoms with Gasteiger partial charge in [-0.3, -0.25) is 9.78 Å². The number of nitrogens with zero attached hydrogens (tertiary/aromatic N) is 1. The number of rotatable bonds is 5. The van der Waals surface area contributed by atoms with Gasteiger partial charge in [-0.2, -0.15) is 0 Å². The Labute approximate surface area is 108 Å². The van der Waals surface area contributed by atoms with Crippen LogP contribution in [0.5, 0.6) is 0 Å². The summed E-state index contributed by atoms with van der Waals surface area (Å²) in [5.41, 5.74) is 1.92. The van der Waals surface area contributed by atoms with Crippen LogP contribution in [0, 0.1) is 11.8 Å². The van der Waals surface area contributed by atoms with Gasteiger partial charge in [0, 0.05) is 19.2 Å². The van der Waals surface area contributed by atoms with Crippen molar-refractivity contribution in [3.63, 3.8) is 0 Å². The van der Waals surface area contributed by atoms with E-state index in [1.165, 1.54) is 0 Å². The normalized spacial score (nSPS) is 23.5. The lowest BCUT2D eigenvalue weighted by molar-refractivity contribution is -0.123. The smallest absolute Gasteiger partial charge is 0.223 e. The Bertz CT molecular complexity index is 416. The molecular formula is C14H20N2O2. The van der Waals surface area contributed by atoms with E-state index >= 15 is 0 Å². The zero-order chi connectivity index (χ0) is 13.1. The van der Waals surface area contributed by atoms with Crippen LogP contribution in [0.1, 0.15) is 37.6 Å². The summed E-state index contributed by atoms with van der Waals surface area (Å²) in [7, 11) is 1.65. The maximum Gasteiger partial charge on any atom is 0.223 e. The number of carbonyl (C=O) groups is 1. The van der Waals surface area contributed by atoms with E-state index in [4.69, 9.17) is 4.74 Å². The van der Waals surface area contributed by atoms with Crippen LogP contribution in [-0.2, 0) is 16.1 Å². The van der Waals surface area contributed by atoms with Crippen LogP contribution in [-0.4, -0.2) is 18.0 Å². The van der Waals surface area contributed by atoms with Crippen molar-refractivity contribution >= 4 is 5.91 Å². The van der Waals surface area contributed by atoms with E-state index in [-0.39, 0.29) is 17.9 Å². The van der Waals surface area contributed by atoms with Crippen molar-refractivity contribution in [2.45, 2.75) is 32.9 Å². The molecule has 98 valence electrons. The van der Waals surface area contributed by atoms with E-state index in [2.05, 4.69) is 17.2 Å². The number of carbonyl (C=O) groups excluding carboxylic acids is 1. The number of hydrogen-bond acceptors (Lipinski definition) is 3. The van der Waals surface area contributed by atoms with Crippen LogP contribution in [0.4, 0.5) is 0 Å². The molecule has 1 saturated carbocycles. The first-order chi connectivity index (χ1) is 8.61. The van der Waals surface area contributed by atoms with E-state index in [1.807, 2.05) is 19.1 Å². The van der Waals surface area contributed by atoms with Crippen LogP contribution in [0.2, 0.25) is 0 Å². The molecule has 1 aliphatic rings. The second-order valence-corrected chi connectivity index (χ2v) is 5.07. The minimum Gasteiger partial charge on any atom is -0.378 e. The highest BCUT2D eigenvalue weighted by Gasteiger charge is 2.39. The molecule has 4 heteroatoms. The highest BCUT2D eigenvalue weighted by molar-refractivity contribution is 5.81. The summed E-state index contributed by atoms with van der Waals surface area (Å²) in [6.45, 7) is 4.61. The number of ether oxygens (including phenoxy) is 1. The van der Waals surface area contributed by atoms with Crippen molar-refractivity contribution in [1.29, 1.82) is 0 Å².